The Hall–Kier alpha value is -2.11. The third-order valence-electron chi connectivity index (χ3n) is 5.84. The van der Waals surface area contributed by atoms with Gasteiger partial charge in [-0.25, -0.2) is 4.98 Å². The molecule has 4 atom stereocenters. The average molecular weight is 423 g/mol. The van der Waals surface area contributed by atoms with E-state index in [0.717, 1.165) is 32.1 Å². The average Bonchev–Trinajstić information content (AvgIpc) is 3.18. The van der Waals surface area contributed by atoms with E-state index in [9.17, 15) is 30.5 Å². The first-order valence-corrected chi connectivity index (χ1v) is 10.3. The number of oxazole rings is 1. The van der Waals surface area contributed by atoms with E-state index < -0.39 is 24.4 Å². The largest absolute Gasteiger partial charge is 0.443 e. The Morgan fingerprint density at radius 1 is 1.13 bits per heavy atom. The quantitative estimate of drug-likeness (QED) is 0.249. The van der Waals surface area contributed by atoms with Crippen LogP contribution in [-0.2, 0) is 6.42 Å². The van der Waals surface area contributed by atoms with Gasteiger partial charge in [0.15, 0.2) is 12.0 Å². The number of likely N-dealkylation sites (tertiary alicyclic amines) is 1. The van der Waals surface area contributed by atoms with Gasteiger partial charge in [-0.3, -0.25) is 15.0 Å². The number of benzene rings is 1. The molecule has 1 saturated heterocycles. The van der Waals surface area contributed by atoms with Crippen LogP contribution in [0.1, 0.15) is 37.7 Å². The fraction of sp³-hybridized carbons (Fsp3) is 0.650. The van der Waals surface area contributed by atoms with Gasteiger partial charge in [0.2, 0.25) is 0 Å². The summed E-state index contributed by atoms with van der Waals surface area (Å²) in [6.07, 6.45) is 2.86. The van der Waals surface area contributed by atoms with Crippen molar-refractivity contribution in [2.24, 2.45) is 0 Å². The molecule has 2 heterocycles. The standard InChI is InChI=1S/C20H29N3O7/c24-11-16-19(26)20(27)17(25)10-22(16)7-5-3-1-2-4-6-13-8-18-14(21-12-30-18)9-15(13)23(28)29/h8-9,12,16-17,19-20,24-27H,1-7,10-11H2/t16-,17+,19-,20-/m1/s1. The normalized spacial score (nSPS) is 25.1. The molecule has 4 N–H and O–H groups in total. The van der Waals surface area contributed by atoms with Crippen LogP contribution in [0.5, 0.6) is 0 Å². The predicted octanol–water partition coefficient (Wildman–Crippen LogP) is 0.988. The summed E-state index contributed by atoms with van der Waals surface area (Å²) in [7, 11) is 0. The van der Waals surface area contributed by atoms with Gasteiger partial charge < -0.3 is 24.8 Å². The Labute approximate surface area is 173 Å². The van der Waals surface area contributed by atoms with Crippen LogP contribution in [-0.4, -0.2) is 79.3 Å². The summed E-state index contributed by atoms with van der Waals surface area (Å²) in [6.45, 7) is 0.552. The maximum atomic E-state index is 11.3. The van der Waals surface area contributed by atoms with Crippen molar-refractivity contribution in [2.45, 2.75) is 62.9 Å². The van der Waals surface area contributed by atoms with Crippen molar-refractivity contribution in [3.05, 3.63) is 34.2 Å². The molecule has 0 saturated carbocycles. The van der Waals surface area contributed by atoms with Crippen molar-refractivity contribution < 1.29 is 29.8 Å². The van der Waals surface area contributed by atoms with Crippen molar-refractivity contribution in [1.29, 1.82) is 0 Å². The molecule has 2 aromatic rings. The van der Waals surface area contributed by atoms with Gasteiger partial charge in [0, 0.05) is 18.2 Å². The minimum atomic E-state index is -1.24. The van der Waals surface area contributed by atoms with E-state index in [2.05, 4.69) is 4.98 Å². The summed E-state index contributed by atoms with van der Waals surface area (Å²) in [5.74, 6) is 0. The minimum absolute atomic E-state index is 0.0656. The molecule has 1 aromatic carbocycles. The van der Waals surface area contributed by atoms with Crippen molar-refractivity contribution in [3.8, 4) is 0 Å². The molecule has 1 aromatic heterocycles. The van der Waals surface area contributed by atoms with Crippen LogP contribution < -0.4 is 0 Å². The first-order chi connectivity index (χ1) is 14.4. The summed E-state index contributed by atoms with van der Waals surface area (Å²) in [5, 5.41) is 50.4. The summed E-state index contributed by atoms with van der Waals surface area (Å²) >= 11 is 0. The maximum Gasteiger partial charge on any atom is 0.275 e. The number of hydrogen-bond acceptors (Lipinski definition) is 9. The molecule has 1 aliphatic rings. The van der Waals surface area contributed by atoms with Crippen LogP contribution in [0, 0.1) is 10.1 Å². The van der Waals surface area contributed by atoms with Gasteiger partial charge in [-0.2, -0.15) is 0 Å². The number of aliphatic hydroxyl groups is 4. The molecule has 10 nitrogen and oxygen atoms in total. The lowest BCUT2D eigenvalue weighted by Crippen LogP contribution is -2.62. The molecule has 1 fully saturated rings. The van der Waals surface area contributed by atoms with Gasteiger partial charge in [-0.15, -0.1) is 0 Å². The molecule has 0 amide bonds. The molecule has 3 rings (SSSR count). The summed E-state index contributed by atoms with van der Waals surface area (Å²) in [6, 6.07) is 2.57. The number of aromatic nitrogens is 1. The van der Waals surface area contributed by atoms with E-state index in [1.54, 1.807) is 6.07 Å². The Kier molecular flexibility index (Phi) is 7.73. The van der Waals surface area contributed by atoms with Crippen LogP contribution in [0.15, 0.2) is 22.9 Å². The fourth-order valence-electron chi connectivity index (χ4n) is 4.10. The van der Waals surface area contributed by atoms with Gasteiger partial charge >= 0.3 is 0 Å². The van der Waals surface area contributed by atoms with Gasteiger partial charge in [0.05, 0.1) is 23.7 Å². The molecule has 1 aliphatic heterocycles. The van der Waals surface area contributed by atoms with Gasteiger partial charge in [-0.05, 0) is 31.9 Å². The molecular weight excluding hydrogens is 394 g/mol. The van der Waals surface area contributed by atoms with Crippen LogP contribution in [0.3, 0.4) is 0 Å². The zero-order valence-corrected chi connectivity index (χ0v) is 16.8. The van der Waals surface area contributed by atoms with Crippen molar-refractivity contribution in [3.63, 3.8) is 0 Å². The van der Waals surface area contributed by atoms with Crippen LogP contribution in [0.4, 0.5) is 5.69 Å². The van der Waals surface area contributed by atoms with Gasteiger partial charge in [0.25, 0.3) is 5.69 Å². The molecule has 0 spiro atoms. The molecule has 0 unspecified atom stereocenters. The molecule has 166 valence electrons. The lowest BCUT2D eigenvalue weighted by molar-refractivity contribution is -0.385. The number of aliphatic hydroxyl groups excluding tert-OH is 4. The predicted molar refractivity (Wildman–Crippen MR) is 108 cm³/mol. The van der Waals surface area contributed by atoms with Gasteiger partial charge in [0.1, 0.15) is 17.7 Å². The maximum absolute atomic E-state index is 11.3. The first-order valence-electron chi connectivity index (χ1n) is 10.3. The molecular formula is C20H29N3O7. The first kappa shape index (κ1) is 22.6. The number of β-amino-alcohol motifs (C(OH)–C–C–N with tert-alkyl or cyclic N) is 1. The zero-order valence-electron chi connectivity index (χ0n) is 16.8. The second-order valence-electron chi connectivity index (χ2n) is 7.87. The number of nitrogens with zero attached hydrogens (tertiary/aromatic N) is 3. The highest BCUT2D eigenvalue weighted by Crippen LogP contribution is 2.27. The lowest BCUT2D eigenvalue weighted by atomic mass is 9.94. The highest BCUT2D eigenvalue weighted by Gasteiger charge is 2.40. The number of aryl methyl sites for hydroxylation is 1. The molecule has 30 heavy (non-hydrogen) atoms. The Bertz CT molecular complexity index is 843. The Balaban J connectivity index is 1.40. The van der Waals surface area contributed by atoms with E-state index in [1.165, 1.54) is 12.5 Å². The molecule has 0 bridgehead atoms. The third-order valence-corrected chi connectivity index (χ3v) is 5.84. The second-order valence-corrected chi connectivity index (χ2v) is 7.87. The summed E-state index contributed by atoms with van der Waals surface area (Å²) in [5.41, 5.74) is 1.73. The lowest BCUT2D eigenvalue weighted by Gasteiger charge is -2.43. The van der Waals surface area contributed by atoms with E-state index in [-0.39, 0.29) is 23.8 Å². The van der Waals surface area contributed by atoms with E-state index >= 15 is 0 Å². The molecule has 0 aliphatic carbocycles. The SMILES string of the molecule is O=[N+]([O-])c1cc2ncoc2cc1CCCCCCCN1C[C@H](O)[C@@H](O)[C@H](O)[C@H]1CO. The zero-order chi connectivity index (χ0) is 21.7. The van der Waals surface area contributed by atoms with E-state index in [0.29, 0.717) is 29.6 Å². The number of unbranched alkanes of at least 4 members (excludes halogenated alkanes) is 4. The topological polar surface area (TPSA) is 153 Å². The van der Waals surface area contributed by atoms with Crippen LogP contribution in [0.2, 0.25) is 0 Å². The third kappa shape index (κ3) is 5.13. The number of nitro groups is 1. The highest BCUT2D eigenvalue weighted by atomic mass is 16.6. The second kappa shape index (κ2) is 10.3. The molecule has 0 radical (unpaired) electrons. The highest BCUT2D eigenvalue weighted by molar-refractivity contribution is 5.77. The Morgan fingerprint density at radius 2 is 1.87 bits per heavy atom. The Morgan fingerprint density at radius 3 is 2.60 bits per heavy atom. The summed E-state index contributed by atoms with van der Waals surface area (Å²) in [4.78, 5) is 16.7. The van der Waals surface area contributed by atoms with Crippen molar-refractivity contribution in [1.82, 2.24) is 9.88 Å². The van der Waals surface area contributed by atoms with Gasteiger partial charge in [-0.1, -0.05) is 19.3 Å². The van der Waals surface area contributed by atoms with Crippen LogP contribution >= 0.6 is 0 Å². The fourth-order valence-corrected chi connectivity index (χ4v) is 4.10. The monoisotopic (exact) mass is 423 g/mol. The van der Waals surface area contributed by atoms with Crippen molar-refractivity contribution in [2.75, 3.05) is 19.7 Å². The van der Waals surface area contributed by atoms with Crippen LogP contribution in [0.25, 0.3) is 11.1 Å². The number of fused-ring (bicyclic) bond motifs is 1. The number of nitro benzene ring substituents is 1. The van der Waals surface area contributed by atoms with E-state index in [1.807, 2.05) is 4.90 Å². The summed E-state index contributed by atoms with van der Waals surface area (Å²) < 4.78 is 5.24. The number of piperidine rings is 1. The number of hydrogen-bond donors (Lipinski definition) is 4. The number of rotatable bonds is 10. The minimum Gasteiger partial charge on any atom is -0.443 e. The van der Waals surface area contributed by atoms with Crippen molar-refractivity contribution >= 4 is 16.8 Å². The smallest absolute Gasteiger partial charge is 0.275 e. The van der Waals surface area contributed by atoms with E-state index in [4.69, 9.17) is 4.42 Å². The molecule has 10 heteroatoms.